The van der Waals surface area contributed by atoms with Gasteiger partial charge in [0, 0.05) is 44.1 Å². The maximum atomic E-state index is 12.7. The lowest BCUT2D eigenvalue weighted by Gasteiger charge is -2.35. The van der Waals surface area contributed by atoms with Crippen LogP contribution in [0, 0.1) is 6.92 Å². The number of rotatable bonds is 6. The molecule has 3 aromatic rings. The van der Waals surface area contributed by atoms with E-state index in [4.69, 9.17) is 9.15 Å². The van der Waals surface area contributed by atoms with E-state index in [1.54, 1.807) is 6.92 Å². The molecule has 1 fully saturated rings. The lowest BCUT2D eigenvalue weighted by Crippen LogP contribution is -2.40. The second-order valence-electron chi connectivity index (χ2n) is 7.77. The third-order valence-electron chi connectivity index (χ3n) is 5.60. The number of aryl methyl sites for hydroxylation is 1. The Morgan fingerprint density at radius 2 is 2.07 bits per heavy atom. The lowest BCUT2D eigenvalue weighted by atomic mass is 9.74. The van der Waals surface area contributed by atoms with Gasteiger partial charge in [-0.2, -0.15) is 0 Å². The number of H-pyrrole nitrogens is 1. The molecule has 0 saturated carbocycles. The number of carbonyl (C=O) groups excluding carboxylic acids is 1. The van der Waals surface area contributed by atoms with Crippen LogP contribution >= 0.6 is 0 Å². The number of aromatic hydroxyl groups is 1. The van der Waals surface area contributed by atoms with Gasteiger partial charge in [0.15, 0.2) is 5.76 Å². The summed E-state index contributed by atoms with van der Waals surface area (Å²) in [6.07, 6.45) is 1.66. The number of hydrogen-bond donors (Lipinski definition) is 3. The van der Waals surface area contributed by atoms with Crippen molar-refractivity contribution in [3.05, 3.63) is 57.9 Å². The van der Waals surface area contributed by atoms with Crippen LogP contribution in [0.2, 0.25) is 0 Å². The molecule has 30 heavy (non-hydrogen) atoms. The molecule has 1 aromatic carbocycles. The molecular weight excluding hydrogens is 386 g/mol. The molecule has 0 bridgehead atoms. The van der Waals surface area contributed by atoms with Gasteiger partial charge >= 0.3 is 0 Å². The van der Waals surface area contributed by atoms with Crippen molar-refractivity contribution in [2.24, 2.45) is 0 Å². The van der Waals surface area contributed by atoms with E-state index in [0.29, 0.717) is 44.8 Å². The minimum Gasteiger partial charge on any atom is -0.502 e. The number of imidazole rings is 1. The largest absolute Gasteiger partial charge is 0.502 e. The van der Waals surface area contributed by atoms with Crippen LogP contribution in [0.1, 0.15) is 36.6 Å². The number of nitrogens with one attached hydrogen (secondary N) is 2. The van der Waals surface area contributed by atoms with Crippen molar-refractivity contribution in [2.75, 3.05) is 19.8 Å². The molecule has 2 aromatic heterocycles. The molecule has 3 heterocycles. The molecule has 1 amide bonds. The Morgan fingerprint density at radius 3 is 2.83 bits per heavy atom. The van der Waals surface area contributed by atoms with Gasteiger partial charge in [-0.15, -0.1) is 0 Å². The van der Waals surface area contributed by atoms with Crippen molar-refractivity contribution >= 4 is 16.9 Å². The first-order valence-electron chi connectivity index (χ1n) is 10.1. The van der Waals surface area contributed by atoms with Gasteiger partial charge < -0.3 is 24.6 Å². The van der Waals surface area contributed by atoms with Gasteiger partial charge in [-0.3, -0.25) is 9.59 Å². The number of ether oxygens (including phenoxy) is 1. The van der Waals surface area contributed by atoms with E-state index in [-0.39, 0.29) is 18.1 Å². The van der Waals surface area contributed by atoms with E-state index >= 15 is 0 Å². The third kappa shape index (κ3) is 4.09. The van der Waals surface area contributed by atoms with E-state index < -0.39 is 16.6 Å². The maximum Gasteiger partial charge on any atom is 0.227 e. The number of aromatic amines is 1. The highest BCUT2D eigenvalue weighted by Crippen LogP contribution is 2.41. The van der Waals surface area contributed by atoms with Gasteiger partial charge in [0.25, 0.3) is 0 Å². The van der Waals surface area contributed by atoms with Crippen LogP contribution in [0.15, 0.2) is 39.5 Å². The van der Waals surface area contributed by atoms with Gasteiger partial charge in [-0.1, -0.05) is 12.1 Å². The Morgan fingerprint density at radius 1 is 1.30 bits per heavy atom. The lowest BCUT2D eigenvalue weighted by molar-refractivity contribution is -0.123. The van der Waals surface area contributed by atoms with E-state index in [2.05, 4.69) is 15.3 Å². The molecule has 1 saturated heterocycles. The van der Waals surface area contributed by atoms with Crippen molar-refractivity contribution < 1.29 is 19.1 Å². The zero-order valence-corrected chi connectivity index (χ0v) is 16.9. The van der Waals surface area contributed by atoms with E-state index in [1.165, 1.54) is 6.07 Å². The number of para-hydroxylation sites is 2. The number of hydrogen-bond acceptors (Lipinski definition) is 6. The van der Waals surface area contributed by atoms with Gasteiger partial charge in [0.1, 0.15) is 11.6 Å². The predicted molar refractivity (Wildman–Crippen MR) is 111 cm³/mol. The normalized spacial score (nSPS) is 15.9. The van der Waals surface area contributed by atoms with Crippen LogP contribution in [0.4, 0.5) is 0 Å². The number of carbonyl (C=O) groups is 1. The smallest absolute Gasteiger partial charge is 0.227 e. The summed E-state index contributed by atoms with van der Waals surface area (Å²) in [5, 5.41) is 13.3. The summed E-state index contributed by atoms with van der Waals surface area (Å²) in [6.45, 7) is 2.95. The molecule has 0 atom stereocenters. The van der Waals surface area contributed by atoms with Gasteiger partial charge in [0.05, 0.1) is 11.0 Å². The predicted octanol–water partition coefficient (Wildman–Crippen LogP) is 2.33. The third-order valence-corrected chi connectivity index (χ3v) is 5.60. The SMILES string of the molecule is Cc1cc(=O)c(O)c(C2(CC(=O)NCCc3nc4ccccc4[nH]3)CCOCC2)o1. The van der Waals surface area contributed by atoms with E-state index in [0.717, 1.165) is 16.9 Å². The number of nitrogens with zero attached hydrogens (tertiary/aromatic N) is 1. The summed E-state index contributed by atoms with van der Waals surface area (Å²) < 4.78 is 11.2. The van der Waals surface area contributed by atoms with Gasteiger partial charge in [-0.25, -0.2) is 4.98 Å². The zero-order valence-electron chi connectivity index (χ0n) is 16.9. The number of aromatic nitrogens is 2. The Kier molecular flexibility index (Phi) is 5.59. The summed E-state index contributed by atoms with van der Waals surface area (Å²) >= 11 is 0. The Labute approximate surface area is 173 Å². The standard InChI is InChI=1S/C22H25N3O5/c1-14-12-17(26)20(28)21(30-14)22(7-10-29-11-8-22)13-19(27)23-9-6-18-24-15-4-2-3-5-16(15)25-18/h2-5,12,28H,6-11,13H2,1H3,(H,23,27)(H,24,25). The van der Waals surface area contributed by atoms with Gasteiger partial charge in [-0.05, 0) is 31.9 Å². The topological polar surface area (TPSA) is 117 Å². The Bertz CT molecular complexity index is 1080. The van der Waals surface area contributed by atoms with Crippen LogP contribution in [0.5, 0.6) is 5.75 Å². The molecule has 8 nitrogen and oxygen atoms in total. The summed E-state index contributed by atoms with van der Waals surface area (Å²) in [4.78, 5) is 32.6. The fourth-order valence-corrected chi connectivity index (χ4v) is 4.02. The molecule has 158 valence electrons. The molecule has 1 aliphatic rings. The molecule has 3 N–H and O–H groups in total. The summed E-state index contributed by atoms with van der Waals surface area (Å²) in [6, 6.07) is 9.02. The van der Waals surface area contributed by atoms with Crippen molar-refractivity contribution in [2.45, 2.75) is 38.0 Å². The maximum absolute atomic E-state index is 12.7. The number of fused-ring (bicyclic) bond motifs is 1. The summed E-state index contributed by atoms with van der Waals surface area (Å²) in [5.41, 5.74) is 0.594. The van der Waals surface area contributed by atoms with Crippen molar-refractivity contribution in [1.82, 2.24) is 15.3 Å². The molecule has 0 unspecified atom stereocenters. The van der Waals surface area contributed by atoms with E-state index in [9.17, 15) is 14.7 Å². The van der Waals surface area contributed by atoms with Crippen LogP contribution in [0.3, 0.4) is 0 Å². The fourth-order valence-electron chi connectivity index (χ4n) is 4.02. The van der Waals surface area contributed by atoms with E-state index in [1.807, 2.05) is 24.3 Å². The summed E-state index contributed by atoms with van der Waals surface area (Å²) in [7, 11) is 0. The molecule has 1 aliphatic heterocycles. The second kappa shape index (κ2) is 8.31. The van der Waals surface area contributed by atoms with Crippen LogP contribution < -0.4 is 10.7 Å². The first-order chi connectivity index (χ1) is 14.5. The first-order valence-corrected chi connectivity index (χ1v) is 10.1. The summed E-state index contributed by atoms with van der Waals surface area (Å²) in [5.74, 6) is 0.806. The van der Waals surface area contributed by atoms with Crippen LogP contribution in [0.25, 0.3) is 11.0 Å². The zero-order chi connectivity index (χ0) is 21.1. The highest BCUT2D eigenvalue weighted by atomic mass is 16.5. The monoisotopic (exact) mass is 411 g/mol. The highest BCUT2D eigenvalue weighted by molar-refractivity contribution is 5.78. The van der Waals surface area contributed by atoms with Crippen LogP contribution in [-0.4, -0.2) is 40.7 Å². The number of amides is 1. The molecule has 0 aliphatic carbocycles. The Balaban J connectivity index is 1.45. The van der Waals surface area contributed by atoms with Gasteiger partial charge in [0.2, 0.25) is 17.1 Å². The second-order valence-corrected chi connectivity index (χ2v) is 7.77. The van der Waals surface area contributed by atoms with Crippen molar-refractivity contribution in [1.29, 1.82) is 0 Å². The van der Waals surface area contributed by atoms with Crippen LogP contribution in [-0.2, 0) is 21.4 Å². The first kappa shape index (κ1) is 20.2. The minimum absolute atomic E-state index is 0.108. The average Bonchev–Trinajstić information content (AvgIpc) is 3.14. The fraction of sp³-hybridized carbons (Fsp3) is 0.409. The molecular formula is C22H25N3O5. The Hall–Kier alpha value is -3.13. The molecule has 0 radical (unpaired) electrons. The van der Waals surface area contributed by atoms with Crippen molar-refractivity contribution in [3.8, 4) is 5.75 Å². The molecule has 0 spiro atoms. The van der Waals surface area contributed by atoms with Crippen molar-refractivity contribution in [3.63, 3.8) is 0 Å². The number of benzene rings is 1. The highest BCUT2D eigenvalue weighted by Gasteiger charge is 2.41. The quantitative estimate of drug-likeness (QED) is 0.573. The minimum atomic E-state index is -0.767. The molecule has 4 rings (SSSR count). The average molecular weight is 411 g/mol. The molecule has 8 heteroatoms.